The smallest absolute Gasteiger partial charge is 0.348 e. The molecule has 1 aromatic heterocycles. The predicted octanol–water partition coefficient (Wildman–Crippen LogP) is 4.07. The Morgan fingerprint density at radius 1 is 1.15 bits per heavy atom. The van der Waals surface area contributed by atoms with Crippen molar-refractivity contribution in [2.75, 3.05) is 0 Å². The first-order valence-electron chi connectivity index (χ1n) is 7.83. The van der Waals surface area contributed by atoms with Crippen LogP contribution >= 0.6 is 0 Å². The van der Waals surface area contributed by atoms with Gasteiger partial charge in [0.15, 0.2) is 0 Å². The van der Waals surface area contributed by atoms with Crippen molar-refractivity contribution in [3.05, 3.63) is 65.7 Å². The van der Waals surface area contributed by atoms with Crippen molar-refractivity contribution < 1.29 is 22.4 Å². The van der Waals surface area contributed by atoms with Gasteiger partial charge in [0, 0.05) is 0 Å². The summed E-state index contributed by atoms with van der Waals surface area (Å²) in [6.07, 6.45) is -4.68. The highest BCUT2D eigenvalue weighted by Gasteiger charge is 2.38. The Labute approximate surface area is 146 Å². The molecule has 0 fully saturated rings. The zero-order chi connectivity index (χ0) is 18.9. The quantitative estimate of drug-likeness (QED) is 0.709. The zero-order valence-electron chi connectivity index (χ0n) is 13.7. The van der Waals surface area contributed by atoms with Gasteiger partial charge in [0.25, 0.3) is 0 Å². The van der Waals surface area contributed by atoms with Gasteiger partial charge in [0.1, 0.15) is 12.4 Å². The highest BCUT2D eigenvalue weighted by atomic mass is 19.4. The van der Waals surface area contributed by atoms with Crippen LogP contribution < -0.4 is 5.32 Å². The van der Waals surface area contributed by atoms with Crippen LogP contribution in [0.25, 0.3) is 11.0 Å². The highest BCUT2D eigenvalue weighted by molar-refractivity contribution is 5.81. The summed E-state index contributed by atoms with van der Waals surface area (Å²) in [6, 6.07) is 11.1. The van der Waals surface area contributed by atoms with Crippen molar-refractivity contribution in [1.29, 1.82) is 0 Å². The first kappa shape index (κ1) is 17.9. The molecule has 0 spiro atoms. The lowest BCUT2D eigenvalue weighted by Crippen LogP contribution is -2.31. The molecule has 8 heteroatoms. The summed E-state index contributed by atoms with van der Waals surface area (Å²) >= 11 is 0. The number of alkyl halides is 3. The number of carbonyl (C=O) groups is 1. The minimum Gasteiger partial charge on any atom is -0.348 e. The van der Waals surface area contributed by atoms with Crippen LogP contribution in [0, 0.1) is 5.82 Å². The van der Waals surface area contributed by atoms with Crippen molar-refractivity contribution in [2.24, 2.45) is 0 Å². The van der Waals surface area contributed by atoms with Crippen LogP contribution in [0.1, 0.15) is 24.4 Å². The lowest BCUT2D eigenvalue weighted by Gasteiger charge is -2.16. The molecule has 0 saturated heterocycles. The molecule has 0 aliphatic rings. The number of nitrogens with one attached hydrogen (secondary N) is 1. The topological polar surface area (TPSA) is 46.9 Å². The Morgan fingerprint density at radius 2 is 1.81 bits per heavy atom. The van der Waals surface area contributed by atoms with Crippen molar-refractivity contribution >= 4 is 16.9 Å². The normalized spacial score (nSPS) is 13.0. The number of rotatable bonds is 4. The third-order valence-electron chi connectivity index (χ3n) is 3.96. The highest BCUT2D eigenvalue weighted by Crippen LogP contribution is 2.31. The molecule has 26 heavy (non-hydrogen) atoms. The summed E-state index contributed by atoms with van der Waals surface area (Å²) in [5.41, 5.74) is 1.04. The third kappa shape index (κ3) is 3.68. The number of aromatic nitrogens is 2. The van der Waals surface area contributed by atoms with Crippen LogP contribution in [0.2, 0.25) is 0 Å². The molecule has 3 rings (SSSR count). The summed E-state index contributed by atoms with van der Waals surface area (Å²) in [5, 5.41) is 2.62. The minimum atomic E-state index is -4.68. The van der Waals surface area contributed by atoms with Crippen LogP contribution in [0.5, 0.6) is 0 Å². The number of benzene rings is 2. The van der Waals surface area contributed by atoms with E-state index in [1.165, 1.54) is 36.4 Å². The first-order chi connectivity index (χ1) is 12.3. The number of fused-ring (bicyclic) bond motifs is 1. The van der Waals surface area contributed by atoms with E-state index in [9.17, 15) is 22.4 Å². The number of nitrogens with zero attached hydrogens (tertiary/aromatic N) is 2. The monoisotopic (exact) mass is 365 g/mol. The number of hydrogen-bond acceptors (Lipinski definition) is 2. The third-order valence-corrected chi connectivity index (χ3v) is 3.96. The van der Waals surface area contributed by atoms with E-state index in [1.807, 2.05) is 0 Å². The number of carbonyl (C=O) groups excluding carboxylic acids is 1. The van der Waals surface area contributed by atoms with Gasteiger partial charge >= 0.3 is 6.18 Å². The molecule has 1 amide bonds. The van der Waals surface area contributed by atoms with Gasteiger partial charge in [-0.2, -0.15) is 13.2 Å². The fraction of sp³-hybridized carbons (Fsp3) is 0.222. The molecule has 3 aromatic rings. The largest absolute Gasteiger partial charge is 0.449 e. The van der Waals surface area contributed by atoms with Gasteiger partial charge in [-0.15, -0.1) is 0 Å². The van der Waals surface area contributed by atoms with E-state index in [0.29, 0.717) is 5.56 Å². The van der Waals surface area contributed by atoms with Gasteiger partial charge in [-0.05, 0) is 36.8 Å². The molecular weight excluding hydrogens is 350 g/mol. The van der Waals surface area contributed by atoms with Crippen LogP contribution in [-0.4, -0.2) is 15.5 Å². The van der Waals surface area contributed by atoms with Crippen LogP contribution in [0.4, 0.5) is 17.6 Å². The van der Waals surface area contributed by atoms with Gasteiger partial charge < -0.3 is 9.88 Å². The fourth-order valence-electron chi connectivity index (χ4n) is 2.72. The lowest BCUT2D eigenvalue weighted by atomic mass is 10.1. The molecule has 1 atom stereocenters. The summed E-state index contributed by atoms with van der Waals surface area (Å²) < 4.78 is 53.6. The fourth-order valence-corrected chi connectivity index (χ4v) is 2.72. The van der Waals surface area contributed by atoms with E-state index in [1.54, 1.807) is 19.1 Å². The maximum Gasteiger partial charge on any atom is 0.449 e. The Kier molecular flexibility index (Phi) is 4.67. The maximum atomic E-state index is 13.3. The second kappa shape index (κ2) is 6.78. The standard InChI is InChI=1S/C18H15F4N3O/c1-11(12-6-8-13(19)9-7-12)23-16(26)10-25-15-5-3-2-4-14(15)24-17(25)18(20,21)22/h2-9,11H,10H2,1H3,(H,23,26). The van der Waals surface area contributed by atoms with E-state index >= 15 is 0 Å². The summed E-state index contributed by atoms with van der Waals surface area (Å²) in [5.74, 6) is -2.13. The Morgan fingerprint density at radius 3 is 2.46 bits per heavy atom. The number of para-hydroxylation sites is 2. The minimum absolute atomic E-state index is 0.166. The maximum absolute atomic E-state index is 13.3. The van der Waals surface area contributed by atoms with E-state index in [4.69, 9.17) is 0 Å². The molecule has 0 radical (unpaired) electrons. The molecule has 4 nitrogen and oxygen atoms in total. The van der Waals surface area contributed by atoms with Crippen LogP contribution in [0.15, 0.2) is 48.5 Å². The second-order valence-electron chi connectivity index (χ2n) is 5.85. The molecule has 1 heterocycles. The molecule has 0 bridgehead atoms. The van der Waals surface area contributed by atoms with Gasteiger partial charge in [-0.3, -0.25) is 4.79 Å². The Hall–Kier alpha value is -2.90. The van der Waals surface area contributed by atoms with E-state index in [2.05, 4.69) is 10.3 Å². The number of halogens is 4. The summed E-state index contributed by atoms with van der Waals surface area (Å²) in [4.78, 5) is 15.9. The van der Waals surface area contributed by atoms with E-state index in [-0.39, 0.29) is 11.0 Å². The molecule has 0 aliphatic carbocycles. The van der Waals surface area contributed by atoms with Gasteiger partial charge in [0.2, 0.25) is 11.7 Å². The molecule has 1 N–H and O–H groups in total. The zero-order valence-corrected chi connectivity index (χ0v) is 13.7. The van der Waals surface area contributed by atoms with Crippen molar-refractivity contribution in [3.8, 4) is 0 Å². The van der Waals surface area contributed by atoms with E-state index < -0.39 is 36.3 Å². The Bertz CT molecular complexity index is 932. The van der Waals surface area contributed by atoms with E-state index in [0.717, 1.165) is 4.57 Å². The number of imidazole rings is 1. The SMILES string of the molecule is CC(NC(=O)Cn1c(C(F)(F)F)nc2ccccc21)c1ccc(F)cc1. The lowest BCUT2D eigenvalue weighted by molar-refractivity contribution is -0.147. The first-order valence-corrected chi connectivity index (χ1v) is 7.83. The van der Waals surface area contributed by atoms with Crippen LogP contribution in [0.3, 0.4) is 0 Å². The predicted molar refractivity (Wildman–Crippen MR) is 87.7 cm³/mol. The van der Waals surface area contributed by atoms with Crippen molar-refractivity contribution in [1.82, 2.24) is 14.9 Å². The summed E-state index contributed by atoms with van der Waals surface area (Å²) in [6.45, 7) is 1.14. The second-order valence-corrected chi connectivity index (χ2v) is 5.85. The summed E-state index contributed by atoms with van der Waals surface area (Å²) in [7, 11) is 0. The number of hydrogen-bond donors (Lipinski definition) is 1. The average molecular weight is 365 g/mol. The van der Waals surface area contributed by atoms with Crippen LogP contribution in [-0.2, 0) is 17.5 Å². The molecular formula is C18H15F4N3O. The number of amides is 1. The Balaban J connectivity index is 1.84. The molecule has 0 aliphatic heterocycles. The van der Waals surface area contributed by atoms with Crippen molar-refractivity contribution in [3.63, 3.8) is 0 Å². The van der Waals surface area contributed by atoms with Gasteiger partial charge in [-0.1, -0.05) is 24.3 Å². The molecule has 1 unspecified atom stereocenters. The van der Waals surface area contributed by atoms with Crippen molar-refractivity contribution in [2.45, 2.75) is 25.7 Å². The molecule has 0 saturated carbocycles. The average Bonchev–Trinajstić information content (AvgIpc) is 2.94. The van der Waals surface area contributed by atoms with Gasteiger partial charge in [0.05, 0.1) is 17.1 Å². The van der Waals surface area contributed by atoms with Gasteiger partial charge in [-0.25, -0.2) is 9.37 Å². The molecule has 2 aromatic carbocycles. The molecule has 136 valence electrons.